The number of guanidine groups is 1. The van der Waals surface area contributed by atoms with Gasteiger partial charge in [0, 0.05) is 51.9 Å². The molecule has 0 aromatic rings. The van der Waals surface area contributed by atoms with E-state index in [1.165, 1.54) is 0 Å². The van der Waals surface area contributed by atoms with E-state index in [1.807, 2.05) is 32.7 Å². The standard InChI is InChI=1S/C21H43N5O2/c1-16(2)26(17(3)4)14-11-23-19(22-8)24-15-18-9-12-25(13-10-18)20(27)28-21(5,6)7/h16-18H,9-15H2,1-8H3,(H2,22,23,24). The van der Waals surface area contributed by atoms with E-state index in [-0.39, 0.29) is 6.09 Å². The molecule has 1 amide bonds. The quantitative estimate of drug-likeness (QED) is 0.511. The Morgan fingerprint density at radius 2 is 1.71 bits per heavy atom. The van der Waals surface area contributed by atoms with Gasteiger partial charge in [-0.15, -0.1) is 0 Å². The maximum atomic E-state index is 12.2. The first-order valence-corrected chi connectivity index (χ1v) is 10.7. The Kier molecular flexibility index (Phi) is 10.1. The summed E-state index contributed by atoms with van der Waals surface area (Å²) in [6, 6.07) is 1.07. The van der Waals surface area contributed by atoms with Crippen molar-refractivity contribution >= 4 is 12.1 Å². The first-order valence-electron chi connectivity index (χ1n) is 10.7. The van der Waals surface area contributed by atoms with Gasteiger partial charge in [0.1, 0.15) is 5.60 Å². The van der Waals surface area contributed by atoms with E-state index in [2.05, 4.69) is 48.2 Å². The maximum Gasteiger partial charge on any atom is 0.410 e. The fourth-order valence-electron chi connectivity index (χ4n) is 3.52. The highest BCUT2D eigenvalue weighted by atomic mass is 16.6. The predicted octanol–water partition coefficient (Wildman–Crippen LogP) is 2.92. The van der Waals surface area contributed by atoms with Crippen LogP contribution in [0.5, 0.6) is 0 Å². The summed E-state index contributed by atoms with van der Waals surface area (Å²) in [5.41, 5.74) is -0.436. The number of nitrogens with zero attached hydrogens (tertiary/aromatic N) is 3. The van der Waals surface area contributed by atoms with Crippen molar-refractivity contribution in [1.29, 1.82) is 0 Å². The number of likely N-dealkylation sites (tertiary alicyclic amines) is 1. The molecule has 0 atom stereocenters. The number of amides is 1. The van der Waals surface area contributed by atoms with Gasteiger partial charge in [0.05, 0.1) is 0 Å². The fourth-order valence-corrected chi connectivity index (χ4v) is 3.52. The van der Waals surface area contributed by atoms with Gasteiger partial charge in [-0.1, -0.05) is 0 Å². The second kappa shape index (κ2) is 11.5. The van der Waals surface area contributed by atoms with Gasteiger partial charge in [-0.3, -0.25) is 9.89 Å². The average Bonchev–Trinajstić information content (AvgIpc) is 2.59. The van der Waals surface area contributed by atoms with E-state index in [4.69, 9.17) is 4.74 Å². The minimum Gasteiger partial charge on any atom is -0.444 e. The van der Waals surface area contributed by atoms with Crippen molar-refractivity contribution in [3.8, 4) is 0 Å². The van der Waals surface area contributed by atoms with E-state index < -0.39 is 5.60 Å². The summed E-state index contributed by atoms with van der Waals surface area (Å²) < 4.78 is 5.46. The maximum absolute atomic E-state index is 12.2. The first-order chi connectivity index (χ1) is 13.0. The molecule has 1 aliphatic rings. The monoisotopic (exact) mass is 397 g/mol. The molecule has 7 nitrogen and oxygen atoms in total. The summed E-state index contributed by atoms with van der Waals surface area (Å²) in [6.07, 6.45) is 1.77. The second-order valence-corrected chi connectivity index (χ2v) is 9.22. The number of nitrogens with one attached hydrogen (secondary N) is 2. The summed E-state index contributed by atoms with van der Waals surface area (Å²) in [7, 11) is 1.81. The molecular formula is C21H43N5O2. The van der Waals surface area contributed by atoms with Gasteiger partial charge in [-0.2, -0.15) is 0 Å². The molecule has 0 aliphatic carbocycles. The Bertz CT molecular complexity index is 484. The number of ether oxygens (including phenoxy) is 1. The van der Waals surface area contributed by atoms with E-state index in [0.717, 1.165) is 51.5 Å². The van der Waals surface area contributed by atoms with E-state index in [1.54, 1.807) is 0 Å². The van der Waals surface area contributed by atoms with Crippen molar-refractivity contribution in [2.75, 3.05) is 39.8 Å². The lowest BCUT2D eigenvalue weighted by molar-refractivity contribution is 0.0185. The molecule has 0 radical (unpaired) electrons. The highest BCUT2D eigenvalue weighted by molar-refractivity contribution is 5.79. The molecule has 0 spiro atoms. The van der Waals surface area contributed by atoms with E-state index in [0.29, 0.717) is 18.0 Å². The number of rotatable bonds is 7. The minimum atomic E-state index is -0.436. The minimum absolute atomic E-state index is 0.198. The van der Waals surface area contributed by atoms with Crippen LogP contribution in [0.4, 0.5) is 4.79 Å². The molecule has 0 aromatic heterocycles. The highest BCUT2D eigenvalue weighted by Crippen LogP contribution is 2.19. The molecule has 7 heteroatoms. The molecule has 0 aromatic carbocycles. The number of carbonyl (C=O) groups is 1. The van der Waals surface area contributed by atoms with E-state index in [9.17, 15) is 4.79 Å². The van der Waals surface area contributed by atoms with Crippen LogP contribution in [0.15, 0.2) is 4.99 Å². The number of hydrogen-bond donors (Lipinski definition) is 2. The Morgan fingerprint density at radius 3 is 2.18 bits per heavy atom. The lowest BCUT2D eigenvalue weighted by Gasteiger charge is -2.33. The largest absolute Gasteiger partial charge is 0.444 e. The van der Waals surface area contributed by atoms with Crippen molar-refractivity contribution in [3.63, 3.8) is 0 Å². The van der Waals surface area contributed by atoms with Crippen molar-refractivity contribution < 1.29 is 9.53 Å². The zero-order valence-electron chi connectivity index (χ0n) is 19.3. The third kappa shape index (κ3) is 9.13. The summed E-state index contributed by atoms with van der Waals surface area (Å²) in [6.45, 7) is 18.9. The van der Waals surface area contributed by atoms with Gasteiger partial charge < -0.3 is 20.3 Å². The van der Waals surface area contributed by atoms with Crippen LogP contribution in [-0.2, 0) is 4.74 Å². The lowest BCUT2D eigenvalue weighted by atomic mass is 9.97. The van der Waals surface area contributed by atoms with Crippen molar-refractivity contribution in [3.05, 3.63) is 0 Å². The van der Waals surface area contributed by atoms with Crippen molar-refractivity contribution in [2.45, 2.75) is 79.0 Å². The molecule has 1 aliphatic heterocycles. The van der Waals surface area contributed by atoms with Gasteiger partial charge in [0.15, 0.2) is 5.96 Å². The Morgan fingerprint density at radius 1 is 1.14 bits per heavy atom. The van der Waals surface area contributed by atoms with Gasteiger partial charge in [-0.05, 0) is 67.2 Å². The molecule has 0 unspecified atom stereocenters. The highest BCUT2D eigenvalue weighted by Gasteiger charge is 2.26. The van der Waals surface area contributed by atoms with Crippen LogP contribution in [0.25, 0.3) is 0 Å². The van der Waals surface area contributed by atoms with Crippen LogP contribution >= 0.6 is 0 Å². The number of piperidine rings is 1. The lowest BCUT2D eigenvalue weighted by Crippen LogP contribution is -2.47. The second-order valence-electron chi connectivity index (χ2n) is 9.22. The fraction of sp³-hybridized carbons (Fsp3) is 0.905. The molecule has 1 fully saturated rings. The van der Waals surface area contributed by atoms with Crippen LogP contribution in [0, 0.1) is 5.92 Å². The van der Waals surface area contributed by atoms with Crippen LogP contribution in [0.2, 0.25) is 0 Å². The Labute approximate surface area is 172 Å². The number of carbonyl (C=O) groups excluding carboxylic acids is 1. The van der Waals surface area contributed by atoms with Crippen molar-refractivity contribution in [1.82, 2.24) is 20.4 Å². The van der Waals surface area contributed by atoms with Crippen LogP contribution in [0.1, 0.15) is 61.3 Å². The molecule has 28 heavy (non-hydrogen) atoms. The Balaban J connectivity index is 2.31. The van der Waals surface area contributed by atoms with Gasteiger partial charge in [0.2, 0.25) is 0 Å². The summed E-state index contributed by atoms with van der Waals surface area (Å²) in [4.78, 5) is 20.8. The molecule has 1 saturated heterocycles. The third-order valence-corrected chi connectivity index (χ3v) is 5.04. The molecule has 1 heterocycles. The van der Waals surface area contributed by atoms with Crippen LogP contribution < -0.4 is 10.6 Å². The average molecular weight is 398 g/mol. The molecule has 164 valence electrons. The zero-order chi connectivity index (χ0) is 21.3. The zero-order valence-corrected chi connectivity index (χ0v) is 19.3. The number of aliphatic imine (C=N–C) groups is 1. The SMILES string of the molecule is CN=C(NCCN(C(C)C)C(C)C)NCC1CCN(C(=O)OC(C)(C)C)CC1. The smallest absolute Gasteiger partial charge is 0.410 e. The third-order valence-electron chi connectivity index (χ3n) is 5.04. The Hall–Kier alpha value is -1.50. The molecule has 2 N–H and O–H groups in total. The van der Waals surface area contributed by atoms with Gasteiger partial charge >= 0.3 is 6.09 Å². The molecule has 0 saturated carbocycles. The number of hydrogen-bond acceptors (Lipinski definition) is 4. The topological polar surface area (TPSA) is 69.2 Å². The predicted molar refractivity (Wildman–Crippen MR) is 117 cm³/mol. The molecular weight excluding hydrogens is 354 g/mol. The summed E-state index contributed by atoms with van der Waals surface area (Å²) >= 11 is 0. The van der Waals surface area contributed by atoms with Crippen molar-refractivity contribution in [2.24, 2.45) is 10.9 Å². The first kappa shape index (κ1) is 24.5. The van der Waals surface area contributed by atoms with Crippen LogP contribution in [0.3, 0.4) is 0 Å². The van der Waals surface area contributed by atoms with Gasteiger partial charge in [0.25, 0.3) is 0 Å². The summed E-state index contributed by atoms with van der Waals surface area (Å²) in [5, 5.41) is 6.85. The normalized spacial score (nSPS) is 16.8. The molecule has 1 rings (SSSR count). The van der Waals surface area contributed by atoms with Gasteiger partial charge in [-0.25, -0.2) is 4.79 Å². The molecule has 0 bridgehead atoms. The summed E-state index contributed by atoms with van der Waals surface area (Å²) in [5.74, 6) is 1.39. The van der Waals surface area contributed by atoms with E-state index >= 15 is 0 Å². The van der Waals surface area contributed by atoms with Crippen LogP contribution in [-0.4, -0.2) is 79.3 Å².